The molecule has 5 nitrogen and oxygen atoms in total. The Morgan fingerprint density at radius 3 is 2.58 bits per heavy atom. The van der Waals surface area contributed by atoms with Crippen LogP contribution in [0.15, 0.2) is 18.2 Å². The van der Waals surface area contributed by atoms with Gasteiger partial charge in [0.25, 0.3) is 0 Å². The Bertz CT molecular complexity index is 541. The maximum atomic E-state index is 12.4. The van der Waals surface area contributed by atoms with E-state index in [2.05, 4.69) is 0 Å². The highest BCUT2D eigenvalue weighted by Crippen LogP contribution is 2.34. The average molecular weight is 275 g/mol. The van der Waals surface area contributed by atoms with Crippen LogP contribution < -0.4 is 9.64 Å². The zero-order chi connectivity index (χ0) is 14.2. The highest BCUT2D eigenvalue weighted by atomic mass is 19.4. The van der Waals surface area contributed by atoms with Crippen LogP contribution in [0.1, 0.15) is 10.4 Å². The number of fused-ring (bicyclic) bond motifs is 1. The lowest BCUT2D eigenvalue weighted by atomic mass is 10.1. The quantitative estimate of drug-likeness (QED) is 0.846. The summed E-state index contributed by atoms with van der Waals surface area (Å²) in [5, 5.41) is 8.77. The third-order valence-electron chi connectivity index (χ3n) is 2.56. The first kappa shape index (κ1) is 13.2. The van der Waals surface area contributed by atoms with Gasteiger partial charge in [0.05, 0.1) is 17.8 Å². The fourth-order valence-electron chi connectivity index (χ4n) is 1.72. The number of carboxylic acid groups (broad SMARTS) is 1. The largest absolute Gasteiger partial charge is 0.490 e. The van der Waals surface area contributed by atoms with Crippen molar-refractivity contribution >= 4 is 17.6 Å². The van der Waals surface area contributed by atoms with E-state index in [-0.39, 0.29) is 30.2 Å². The Kier molecular flexibility index (Phi) is 3.09. The number of ether oxygens (including phenoxy) is 1. The molecule has 1 aromatic carbocycles. The minimum absolute atomic E-state index is 0.0521. The molecule has 0 radical (unpaired) electrons. The Balaban J connectivity index is 2.40. The molecule has 0 spiro atoms. The lowest BCUT2D eigenvalue weighted by molar-refractivity contribution is -0.170. The molecule has 0 saturated heterocycles. The van der Waals surface area contributed by atoms with E-state index in [0.717, 1.165) is 18.2 Å². The number of nitrogens with zero attached hydrogens (tertiary/aromatic N) is 1. The van der Waals surface area contributed by atoms with Crippen LogP contribution in [-0.2, 0) is 4.79 Å². The zero-order valence-corrected chi connectivity index (χ0v) is 9.40. The van der Waals surface area contributed by atoms with Crippen molar-refractivity contribution in [3.05, 3.63) is 23.8 Å². The van der Waals surface area contributed by atoms with Gasteiger partial charge in [-0.3, -0.25) is 9.69 Å². The Morgan fingerprint density at radius 1 is 1.32 bits per heavy atom. The van der Waals surface area contributed by atoms with Gasteiger partial charge in [0.1, 0.15) is 12.4 Å². The van der Waals surface area contributed by atoms with E-state index in [1.807, 2.05) is 0 Å². The number of hydrogen-bond donors (Lipinski definition) is 1. The second-order valence-corrected chi connectivity index (χ2v) is 3.79. The van der Waals surface area contributed by atoms with Gasteiger partial charge in [-0.1, -0.05) is 0 Å². The van der Waals surface area contributed by atoms with E-state index in [9.17, 15) is 22.8 Å². The van der Waals surface area contributed by atoms with Crippen molar-refractivity contribution in [1.29, 1.82) is 0 Å². The molecule has 1 aliphatic heterocycles. The topological polar surface area (TPSA) is 66.8 Å². The molecule has 102 valence electrons. The summed E-state index contributed by atoms with van der Waals surface area (Å²) in [6, 6.07) is 3.33. The monoisotopic (exact) mass is 275 g/mol. The number of aromatic carboxylic acids is 1. The number of carbonyl (C=O) groups is 2. The predicted octanol–water partition coefficient (Wildman–Crippen LogP) is 1.67. The summed E-state index contributed by atoms with van der Waals surface area (Å²) in [5.41, 5.74) is -0.210. The van der Waals surface area contributed by atoms with Crippen molar-refractivity contribution in [2.75, 3.05) is 18.1 Å². The van der Waals surface area contributed by atoms with Crippen LogP contribution in [-0.4, -0.2) is 36.3 Å². The van der Waals surface area contributed by atoms with Crippen molar-refractivity contribution in [2.45, 2.75) is 6.18 Å². The second-order valence-electron chi connectivity index (χ2n) is 3.79. The van der Waals surface area contributed by atoms with Gasteiger partial charge in [-0.05, 0) is 18.2 Å². The molecule has 1 N–H and O–H groups in total. The van der Waals surface area contributed by atoms with Crippen molar-refractivity contribution in [3.63, 3.8) is 0 Å². The van der Waals surface area contributed by atoms with E-state index < -0.39 is 18.1 Å². The molecule has 0 atom stereocenters. The van der Waals surface area contributed by atoms with Gasteiger partial charge in [0, 0.05) is 0 Å². The van der Waals surface area contributed by atoms with E-state index >= 15 is 0 Å². The van der Waals surface area contributed by atoms with Crippen molar-refractivity contribution in [3.8, 4) is 5.75 Å². The first-order valence-electron chi connectivity index (χ1n) is 5.19. The molecule has 19 heavy (non-hydrogen) atoms. The molecule has 8 heteroatoms. The maximum absolute atomic E-state index is 12.4. The standard InChI is InChI=1S/C11H8F3NO4/c12-11(13,14)10(18)15-3-4-19-8-5-6(9(16)17)1-2-7(8)15/h1-2,5H,3-4H2,(H,16,17). The number of halogens is 3. The summed E-state index contributed by atoms with van der Waals surface area (Å²) >= 11 is 0. The summed E-state index contributed by atoms with van der Waals surface area (Å²) in [5.74, 6) is -3.28. The molecule has 0 unspecified atom stereocenters. The first-order chi connectivity index (χ1) is 8.80. The summed E-state index contributed by atoms with van der Waals surface area (Å²) in [4.78, 5) is 22.5. The lowest BCUT2D eigenvalue weighted by Crippen LogP contribution is -2.45. The third-order valence-corrected chi connectivity index (χ3v) is 2.56. The highest BCUT2D eigenvalue weighted by molar-refractivity contribution is 5.99. The molecular weight excluding hydrogens is 267 g/mol. The van der Waals surface area contributed by atoms with Crippen LogP contribution in [0.3, 0.4) is 0 Å². The van der Waals surface area contributed by atoms with E-state index in [1.165, 1.54) is 0 Å². The van der Waals surface area contributed by atoms with Gasteiger partial charge in [0.2, 0.25) is 0 Å². The number of hydrogen-bond acceptors (Lipinski definition) is 3. The molecule has 0 saturated carbocycles. The fourth-order valence-corrected chi connectivity index (χ4v) is 1.72. The van der Waals surface area contributed by atoms with Gasteiger partial charge < -0.3 is 9.84 Å². The molecule has 1 aromatic rings. The van der Waals surface area contributed by atoms with Crippen molar-refractivity contribution in [1.82, 2.24) is 0 Å². The summed E-state index contributed by atoms with van der Waals surface area (Å²) in [7, 11) is 0. The molecule has 0 aromatic heterocycles. The molecule has 0 fully saturated rings. The number of anilines is 1. The molecule has 1 heterocycles. The average Bonchev–Trinajstić information content (AvgIpc) is 2.35. The van der Waals surface area contributed by atoms with E-state index in [4.69, 9.17) is 9.84 Å². The van der Waals surface area contributed by atoms with Gasteiger partial charge in [-0.15, -0.1) is 0 Å². The molecule has 1 aliphatic rings. The van der Waals surface area contributed by atoms with Crippen LogP contribution >= 0.6 is 0 Å². The Labute approximate surface area is 105 Å². The van der Waals surface area contributed by atoms with Crippen LogP contribution in [0, 0.1) is 0 Å². The molecular formula is C11H8F3NO4. The molecule has 0 aliphatic carbocycles. The zero-order valence-electron chi connectivity index (χ0n) is 9.40. The second kappa shape index (κ2) is 4.45. The normalized spacial score (nSPS) is 14.6. The number of alkyl halides is 3. The predicted molar refractivity (Wildman–Crippen MR) is 57.3 cm³/mol. The number of amides is 1. The van der Waals surface area contributed by atoms with Crippen LogP contribution in [0.4, 0.5) is 18.9 Å². The lowest BCUT2D eigenvalue weighted by Gasteiger charge is -2.30. The van der Waals surface area contributed by atoms with E-state index in [0.29, 0.717) is 4.90 Å². The van der Waals surface area contributed by atoms with Gasteiger partial charge >= 0.3 is 18.1 Å². The van der Waals surface area contributed by atoms with Crippen LogP contribution in [0.25, 0.3) is 0 Å². The number of carbonyl (C=O) groups excluding carboxylic acids is 1. The van der Waals surface area contributed by atoms with Crippen molar-refractivity contribution in [2.24, 2.45) is 0 Å². The summed E-state index contributed by atoms with van der Waals surface area (Å²) < 4.78 is 42.3. The number of carboxylic acids is 1. The highest BCUT2D eigenvalue weighted by Gasteiger charge is 2.44. The number of rotatable bonds is 1. The minimum atomic E-state index is -4.99. The first-order valence-corrected chi connectivity index (χ1v) is 5.19. The van der Waals surface area contributed by atoms with E-state index in [1.54, 1.807) is 0 Å². The maximum Gasteiger partial charge on any atom is 0.471 e. The fraction of sp³-hybridized carbons (Fsp3) is 0.273. The minimum Gasteiger partial charge on any atom is -0.490 e. The van der Waals surface area contributed by atoms with Crippen molar-refractivity contribution < 1.29 is 32.6 Å². The van der Waals surface area contributed by atoms with Gasteiger partial charge in [-0.25, -0.2) is 4.79 Å². The Hall–Kier alpha value is -2.25. The van der Waals surface area contributed by atoms with Gasteiger partial charge in [-0.2, -0.15) is 13.2 Å². The molecule has 2 rings (SSSR count). The molecule has 0 bridgehead atoms. The summed E-state index contributed by atoms with van der Waals surface area (Å²) in [6.07, 6.45) is -4.99. The number of benzene rings is 1. The van der Waals surface area contributed by atoms with Crippen LogP contribution in [0.2, 0.25) is 0 Å². The molecule has 1 amide bonds. The summed E-state index contributed by atoms with van der Waals surface area (Å²) in [6.45, 7) is -0.365. The third kappa shape index (κ3) is 2.47. The van der Waals surface area contributed by atoms with Crippen LogP contribution in [0.5, 0.6) is 5.75 Å². The Morgan fingerprint density at radius 2 is 2.00 bits per heavy atom. The smallest absolute Gasteiger partial charge is 0.471 e. The van der Waals surface area contributed by atoms with Gasteiger partial charge in [0.15, 0.2) is 0 Å². The SMILES string of the molecule is O=C(O)c1ccc2c(c1)OCCN2C(=O)C(F)(F)F.